The van der Waals surface area contributed by atoms with Crippen LogP contribution in [0.4, 0.5) is 5.69 Å². The number of anilines is 1. The van der Waals surface area contributed by atoms with E-state index in [0.29, 0.717) is 16.3 Å². The molecule has 1 aromatic heterocycles. The molecule has 0 spiro atoms. The van der Waals surface area contributed by atoms with Crippen LogP contribution in [0.25, 0.3) is 16.8 Å². The van der Waals surface area contributed by atoms with Gasteiger partial charge in [-0.15, -0.1) is 0 Å². The van der Waals surface area contributed by atoms with Gasteiger partial charge in [0.25, 0.3) is 0 Å². The van der Waals surface area contributed by atoms with Crippen LogP contribution in [0.2, 0.25) is 5.02 Å². The Morgan fingerprint density at radius 3 is 2.63 bits per heavy atom. The molecule has 3 aromatic rings. The molecule has 6 heteroatoms. The zero-order valence-electron chi connectivity index (χ0n) is 9.63. The van der Waals surface area contributed by atoms with Crippen molar-refractivity contribution in [3.8, 4) is 16.8 Å². The van der Waals surface area contributed by atoms with Crippen LogP contribution in [-0.2, 0) is 0 Å². The summed E-state index contributed by atoms with van der Waals surface area (Å²) in [6.07, 6.45) is 4.91. The van der Waals surface area contributed by atoms with Crippen LogP contribution < -0.4 is 16.6 Å². The van der Waals surface area contributed by atoms with Crippen LogP contribution in [0.1, 0.15) is 0 Å². The fourth-order valence-corrected chi connectivity index (χ4v) is 2.17. The SMILES string of the molecule is Nc1c(-c2ccc(Cl)cc2-n2ccnc2)c(=O)c1=O. The topological polar surface area (TPSA) is 78.0 Å². The first kappa shape index (κ1) is 11.7. The van der Waals surface area contributed by atoms with Crippen LogP contribution >= 0.6 is 11.6 Å². The molecule has 0 radical (unpaired) electrons. The minimum Gasteiger partial charge on any atom is -0.395 e. The van der Waals surface area contributed by atoms with Gasteiger partial charge >= 0.3 is 0 Å². The molecule has 0 bridgehead atoms. The molecule has 0 amide bonds. The van der Waals surface area contributed by atoms with Crippen molar-refractivity contribution in [1.82, 2.24) is 9.55 Å². The molecule has 3 rings (SSSR count). The van der Waals surface area contributed by atoms with Gasteiger partial charge in [0.2, 0.25) is 10.9 Å². The third kappa shape index (κ3) is 1.67. The fraction of sp³-hybridized carbons (Fsp3) is 0. The molecule has 0 atom stereocenters. The van der Waals surface area contributed by atoms with Crippen LogP contribution in [-0.4, -0.2) is 9.55 Å². The minimum absolute atomic E-state index is 0.00584. The average Bonchev–Trinajstić information content (AvgIpc) is 2.94. The lowest BCUT2D eigenvalue weighted by Gasteiger charge is -2.13. The summed E-state index contributed by atoms with van der Waals surface area (Å²) >= 11 is 5.97. The van der Waals surface area contributed by atoms with Gasteiger partial charge in [-0.2, -0.15) is 0 Å². The Hall–Kier alpha value is -2.40. The highest BCUT2D eigenvalue weighted by Gasteiger charge is 2.22. The van der Waals surface area contributed by atoms with Crippen molar-refractivity contribution >= 4 is 17.3 Å². The lowest BCUT2D eigenvalue weighted by Crippen LogP contribution is -2.36. The van der Waals surface area contributed by atoms with Crippen molar-refractivity contribution < 1.29 is 0 Å². The second kappa shape index (κ2) is 4.07. The molecule has 94 valence electrons. The highest BCUT2D eigenvalue weighted by atomic mass is 35.5. The number of hydrogen-bond donors (Lipinski definition) is 1. The summed E-state index contributed by atoms with van der Waals surface area (Å²) < 4.78 is 1.71. The van der Waals surface area contributed by atoms with E-state index in [0.717, 1.165) is 0 Å². The molecule has 1 heterocycles. The van der Waals surface area contributed by atoms with E-state index in [4.69, 9.17) is 17.3 Å². The normalized spacial score (nSPS) is 11.0. The van der Waals surface area contributed by atoms with Gasteiger partial charge in [0.1, 0.15) is 0 Å². The molecule has 2 N–H and O–H groups in total. The van der Waals surface area contributed by atoms with E-state index in [1.165, 1.54) is 0 Å². The Morgan fingerprint density at radius 2 is 2.00 bits per heavy atom. The second-order valence-corrected chi connectivity index (χ2v) is 4.51. The highest BCUT2D eigenvalue weighted by Crippen LogP contribution is 2.30. The van der Waals surface area contributed by atoms with E-state index < -0.39 is 10.9 Å². The largest absolute Gasteiger partial charge is 0.395 e. The van der Waals surface area contributed by atoms with Crippen molar-refractivity contribution in [2.24, 2.45) is 0 Å². The summed E-state index contributed by atoms with van der Waals surface area (Å²) in [5, 5.41) is 0.518. The van der Waals surface area contributed by atoms with Gasteiger partial charge in [-0.25, -0.2) is 4.98 Å². The zero-order chi connectivity index (χ0) is 13.6. The van der Waals surface area contributed by atoms with Gasteiger partial charge in [0.05, 0.1) is 23.3 Å². The zero-order valence-corrected chi connectivity index (χ0v) is 10.4. The van der Waals surface area contributed by atoms with Crippen LogP contribution in [0.5, 0.6) is 0 Å². The molecular formula is C13H8ClN3O2. The van der Waals surface area contributed by atoms with E-state index in [9.17, 15) is 9.59 Å². The van der Waals surface area contributed by atoms with E-state index in [-0.39, 0.29) is 11.3 Å². The third-order valence-corrected chi connectivity index (χ3v) is 3.19. The summed E-state index contributed by atoms with van der Waals surface area (Å²) in [4.78, 5) is 26.8. The number of nitrogens with two attached hydrogens (primary N) is 1. The molecule has 0 unspecified atom stereocenters. The van der Waals surface area contributed by atoms with E-state index >= 15 is 0 Å². The Morgan fingerprint density at radius 1 is 1.21 bits per heavy atom. The lowest BCUT2D eigenvalue weighted by atomic mass is 9.97. The van der Waals surface area contributed by atoms with Crippen LogP contribution in [0.15, 0.2) is 46.5 Å². The van der Waals surface area contributed by atoms with Gasteiger partial charge in [-0.05, 0) is 12.1 Å². The molecule has 0 aliphatic heterocycles. The van der Waals surface area contributed by atoms with Crippen LogP contribution in [0.3, 0.4) is 0 Å². The third-order valence-electron chi connectivity index (χ3n) is 2.96. The molecule has 19 heavy (non-hydrogen) atoms. The van der Waals surface area contributed by atoms with Crippen molar-refractivity contribution in [3.05, 3.63) is 62.4 Å². The first-order chi connectivity index (χ1) is 9.09. The quantitative estimate of drug-likeness (QED) is 0.715. The molecule has 0 fully saturated rings. The Balaban J connectivity index is 2.29. The Labute approximate surface area is 112 Å². The van der Waals surface area contributed by atoms with Gasteiger partial charge in [-0.3, -0.25) is 9.59 Å². The van der Waals surface area contributed by atoms with E-state index in [1.807, 2.05) is 0 Å². The van der Waals surface area contributed by atoms with Crippen molar-refractivity contribution in [1.29, 1.82) is 0 Å². The summed E-state index contributed by atoms with van der Waals surface area (Å²) in [5.74, 6) is 0. The van der Waals surface area contributed by atoms with Crippen LogP contribution in [0, 0.1) is 0 Å². The summed E-state index contributed by atoms with van der Waals surface area (Å²) in [5.41, 5.74) is 5.86. The Kier molecular flexibility index (Phi) is 2.50. The number of nitrogens with zero attached hydrogens (tertiary/aromatic N) is 2. The number of aromatic nitrogens is 2. The molecule has 0 saturated heterocycles. The second-order valence-electron chi connectivity index (χ2n) is 4.08. The van der Waals surface area contributed by atoms with Gasteiger partial charge in [0, 0.05) is 23.0 Å². The summed E-state index contributed by atoms with van der Waals surface area (Å²) in [6, 6.07) is 5.01. The maximum Gasteiger partial charge on any atom is 0.249 e. The first-order valence-corrected chi connectivity index (χ1v) is 5.84. The van der Waals surface area contributed by atoms with Crippen molar-refractivity contribution in [2.45, 2.75) is 0 Å². The predicted octanol–water partition coefficient (Wildman–Crippen LogP) is 1.37. The summed E-state index contributed by atoms with van der Waals surface area (Å²) in [7, 11) is 0. The molecular weight excluding hydrogens is 266 g/mol. The molecule has 0 aliphatic rings. The van der Waals surface area contributed by atoms with Gasteiger partial charge in [-0.1, -0.05) is 17.7 Å². The Bertz CT molecular complexity index is 830. The number of rotatable bonds is 2. The predicted molar refractivity (Wildman–Crippen MR) is 73.3 cm³/mol. The number of imidazole rings is 1. The number of hydrogen-bond acceptors (Lipinski definition) is 4. The van der Waals surface area contributed by atoms with E-state index in [1.54, 1.807) is 41.5 Å². The molecule has 0 saturated carbocycles. The number of benzene rings is 1. The highest BCUT2D eigenvalue weighted by molar-refractivity contribution is 6.30. The lowest BCUT2D eigenvalue weighted by molar-refractivity contribution is 1.06. The minimum atomic E-state index is -0.637. The van der Waals surface area contributed by atoms with Gasteiger partial charge < -0.3 is 10.3 Å². The van der Waals surface area contributed by atoms with E-state index in [2.05, 4.69) is 4.98 Å². The summed E-state index contributed by atoms with van der Waals surface area (Å²) in [6.45, 7) is 0. The van der Waals surface area contributed by atoms with Crippen molar-refractivity contribution in [2.75, 3.05) is 5.73 Å². The molecule has 0 aliphatic carbocycles. The monoisotopic (exact) mass is 273 g/mol. The molecule has 2 aromatic carbocycles. The number of halogens is 1. The fourth-order valence-electron chi connectivity index (χ4n) is 2.01. The maximum atomic E-state index is 11.6. The average molecular weight is 274 g/mol. The van der Waals surface area contributed by atoms with Gasteiger partial charge in [0.15, 0.2) is 0 Å². The first-order valence-electron chi connectivity index (χ1n) is 5.46. The smallest absolute Gasteiger partial charge is 0.249 e. The maximum absolute atomic E-state index is 11.6. The number of nitrogen functional groups attached to an aromatic ring is 1. The molecule has 5 nitrogen and oxygen atoms in total. The van der Waals surface area contributed by atoms with Crippen molar-refractivity contribution in [3.63, 3.8) is 0 Å². The standard InChI is InChI=1S/C13H8ClN3O2/c14-7-1-2-8(10-11(15)13(19)12(10)18)9(5-7)17-4-3-16-6-17/h1-6H,15H2.